The molecule has 0 bridgehead atoms. The van der Waals surface area contributed by atoms with Crippen LogP contribution in [0, 0.1) is 0 Å². The molecule has 2 aromatic rings. The highest BCUT2D eigenvalue weighted by molar-refractivity contribution is 8.14. The molecule has 0 N–H and O–H groups in total. The number of thioether (sulfide) groups is 1. The van der Waals surface area contributed by atoms with Crippen molar-refractivity contribution in [3.63, 3.8) is 0 Å². The second-order valence-corrected chi connectivity index (χ2v) is 5.88. The van der Waals surface area contributed by atoms with Gasteiger partial charge in [-0.3, -0.25) is 0 Å². The number of aliphatic imine (C=N–C) groups is 1. The van der Waals surface area contributed by atoms with Crippen molar-refractivity contribution in [2.24, 2.45) is 4.99 Å². The Bertz CT molecular complexity index is 701. The Morgan fingerprint density at radius 1 is 1.10 bits per heavy atom. The minimum Gasteiger partial charge on any atom is -0.497 e. The van der Waals surface area contributed by atoms with E-state index in [9.17, 15) is 0 Å². The predicted molar refractivity (Wildman–Crippen MR) is 90.9 cm³/mol. The largest absolute Gasteiger partial charge is 0.497 e. The molecule has 0 atom stereocenters. The number of fused-ring (bicyclic) bond motifs is 1. The molecule has 1 aliphatic rings. The van der Waals surface area contributed by atoms with Crippen molar-refractivity contribution >= 4 is 28.6 Å². The Labute approximate surface area is 129 Å². The molecule has 0 radical (unpaired) electrons. The van der Waals surface area contributed by atoms with Crippen LogP contribution in [0.15, 0.2) is 58.4 Å². The lowest BCUT2D eigenvalue weighted by molar-refractivity contribution is 0.415. The summed E-state index contributed by atoms with van der Waals surface area (Å²) in [4.78, 5) is 6.07. The van der Waals surface area contributed by atoms with Crippen LogP contribution in [0.5, 0.6) is 5.75 Å². The van der Waals surface area contributed by atoms with E-state index in [1.54, 1.807) is 18.9 Å². The zero-order valence-corrected chi connectivity index (χ0v) is 13.0. The van der Waals surface area contributed by atoms with Crippen LogP contribution < -0.4 is 4.74 Å². The molecule has 0 aliphatic carbocycles. The van der Waals surface area contributed by atoms with E-state index in [4.69, 9.17) is 9.73 Å². The van der Waals surface area contributed by atoms with E-state index in [-0.39, 0.29) is 0 Å². The predicted octanol–water partition coefficient (Wildman–Crippen LogP) is 5.11. The number of ether oxygens (including phenoxy) is 1. The van der Waals surface area contributed by atoms with E-state index < -0.39 is 0 Å². The molecule has 0 unspecified atom stereocenters. The van der Waals surface area contributed by atoms with E-state index in [0.29, 0.717) is 0 Å². The molecule has 0 aromatic heterocycles. The van der Waals surface area contributed by atoms with Crippen LogP contribution in [0.1, 0.15) is 24.5 Å². The highest BCUT2D eigenvalue weighted by atomic mass is 32.2. The van der Waals surface area contributed by atoms with Crippen molar-refractivity contribution in [1.82, 2.24) is 0 Å². The van der Waals surface area contributed by atoms with Crippen molar-refractivity contribution in [1.29, 1.82) is 0 Å². The van der Waals surface area contributed by atoms with Gasteiger partial charge in [0.15, 0.2) is 0 Å². The summed E-state index contributed by atoms with van der Waals surface area (Å²) >= 11 is 1.77. The van der Waals surface area contributed by atoms with Crippen LogP contribution in [0.4, 0.5) is 0 Å². The lowest BCUT2D eigenvalue weighted by Crippen LogP contribution is -1.99. The van der Waals surface area contributed by atoms with Gasteiger partial charge in [-0.15, -0.1) is 0 Å². The third-order valence-electron chi connectivity index (χ3n) is 3.36. The van der Waals surface area contributed by atoms with Crippen molar-refractivity contribution in [3.8, 4) is 5.75 Å². The fourth-order valence-corrected chi connectivity index (χ4v) is 3.20. The Morgan fingerprint density at radius 2 is 1.86 bits per heavy atom. The topological polar surface area (TPSA) is 21.6 Å². The van der Waals surface area contributed by atoms with E-state index in [0.717, 1.165) is 28.5 Å². The Balaban J connectivity index is 2.03. The molecule has 0 spiro atoms. The molecule has 3 heteroatoms. The summed E-state index contributed by atoms with van der Waals surface area (Å²) in [5, 5.41) is 1.16. The maximum absolute atomic E-state index is 5.20. The Kier molecular flexibility index (Phi) is 4.11. The molecule has 2 nitrogen and oxygen atoms in total. The van der Waals surface area contributed by atoms with Crippen LogP contribution in [-0.2, 0) is 0 Å². The van der Waals surface area contributed by atoms with Gasteiger partial charge in [0, 0.05) is 10.5 Å². The lowest BCUT2D eigenvalue weighted by Gasteiger charge is -2.17. The maximum Gasteiger partial charge on any atom is 0.118 e. The minimum atomic E-state index is 0.870. The van der Waals surface area contributed by atoms with Gasteiger partial charge in [0.2, 0.25) is 0 Å². The van der Waals surface area contributed by atoms with Gasteiger partial charge in [-0.05, 0) is 36.3 Å². The first-order valence-electron chi connectivity index (χ1n) is 7.00. The van der Waals surface area contributed by atoms with Crippen molar-refractivity contribution in [2.45, 2.75) is 18.2 Å². The van der Waals surface area contributed by atoms with Crippen LogP contribution in [-0.4, -0.2) is 12.2 Å². The molecule has 0 saturated heterocycles. The van der Waals surface area contributed by atoms with Gasteiger partial charge in [-0.2, -0.15) is 0 Å². The zero-order valence-electron chi connectivity index (χ0n) is 12.2. The van der Waals surface area contributed by atoms with Crippen LogP contribution in [0.3, 0.4) is 0 Å². The molecular formula is C18H17NOS. The molecule has 1 heterocycles. The highest BCUT2D eigenvalue weighted by Gasteiger charge is 2.15. The maximum atomic E-state index is 5.20. The number of hydrogen-bond donors (Lipinski definition) is 0. The summed E-state index contributed by atoms with van der Waals surface area (Å²) in [7, 11) is 1.68. The molecular weight excluding hydrogens is 278 g/mol. The van der Waals surface area contributed by atoms with Gasteiger partial charge in [-0.25, -0.2) is 4.99 Å². The quantitative estimate of drug-likeness (QED) is 0.785. The highest BCUT2D eigenvalue weighted by Crippen LogP contribution is 2.37. The molecule has 0 amide bonds. The zero-order chi connectivity index (χ0) is 14.7. The first-order chi connectivity index (χ1) is 10.3. The number of hydrogen-bond acceptors (Lipinski definition) is 3. The monoisotopic (exact) mass is 295 g/mol. The second-order valence-electron chi connectivity index (χ2n) is 4.76. The molecule has 0 fully saturated rings. The Hall–Kier alpha value is -2.00. The molecule has 0 saturated carbocycles. The third kappa shape index (κ3) is 3.03. The average Bonchev–Trinajstić information content (AvgIpc) is 2.55. The summed E-state index contributed by atoms with van der Waals surface area (Å²) in [6, 6.07) is 16.5. The standard InChI is InChI=1S/C18H17NOS/c1-3-18-19-16(15-6-4-5-7-17(15)21-18)12-13-8-10-14(20-2)11-9-13/h4-12H,3H2,1-2H3/b16-12-. The number of nitrogens with zero attached hydrogens (tertiary/aromatic N) is 1. The smallest absolute Gasteiger partial charge is 0.118 e. The Morgan fingerprint density at radius 3 is 2.57 bits per heavy atom. The average molecular weight is 295 g/mol. The fraction of sp³-hybridized carbons (Fsp3) is 0.167. The lowest BCUT2D eigenvalue weighted by atomic mass is 10.1. The van der Waals surface area contributed by atoms with E-state index in [2.05, 4.69) is 49.4 Å². The normalized spacial score (nSPS) is 15.5. The van der Waals surface area contributed by atoms with Crippen molar-refractivity contribution in [3.05, 3.63) is 59.7 Å². The molecule has 2 aromatic carbocycles. The van der Waals surface area contributed by atoms with E-state index >= 15 is 0 Å². The van der Waals surface area contributed by atoms with Gasteiger partial charge < -0.3 is 4.74 Å². The molecule has 106 valence electrons. The van der Waals surface area contributed by atoms with Gasteiger partial charge in [-0.1, -0.05) is 49.0 Å². The van der Waals surface area contributed by atoms with Gasteiger partial charge in [0.25, 0.3) is 0 Å². The van der Waals surface area contributed by atoms with Gasteiger partial charge in [0.05, 0.1) is 17.9 Å². The van der Waals surface area contributed by atoms with Gasteiger partial charge in [0.1, 0.15) is 5.75 Å². The first-order valence-corrected chi connectivity index (χ1v) is 7.82. The van der Waals surface area contributed by atoms with Crippen molar-refractivity contribution in [2.75, 3.05) is 7.11 Å². The number of rotatable bonds is 3. The summed E-state index contributed by atoms with van der Waals surface area (Å²) in [5.41, 5.74) is 3.37. The number of benzene rings is 2. The summed E-state index contributed by atoms with van der Waals surface area (Å²) in [6.07, 6.45) is 3.09. The van der Waals surface area contributed by atoms with Crippen LogP contribution >= 0.6 is 11.8 Å². The summed E-state index contributed by atoms with van der Waals surface area (Å²) < 4.78 is 5.20. The molecule has 1 aliphatic heterocycles. The van der Waals surface area contributed by atoms with E-state index in [1.807, 2.05) is 12.1 Å². The van der Waals surface area contributed by atoms with Crippen LogP contribution in [0.25, 0.3) is 11.8 Å². The molecule has 21 heavy (non-hydrogen) atoms. The fourth-order valence-electron chi connectivity index (χ4n) is 2.23. The summed E-state index contributed by atoms with van der Waals surface area (Å²) in [5.74, 6) is 0.870. The number of methoxy groups -OCH3 is 1. The minimum absolute atomic E-state index is 0.870. The van der Waals surface area contributed by atoms with Crippen molar-refractivity contribution < 1.29 is 4.74 Å². The first kappa shape index (κ1) is 14.0. The summed E-state index contributed by atoms with van der Waals surface area (Å²) in [6.45, 7) is 2.14. The van der Waals surface area contributed by atoms with Gasteiger partial charge >= 0.3 is 0 Å². The van der Waals surface area contributed by atoms with E-state index in [1.165, 1.54) is 10.5 Å². The van der Waals surface area contributed by atoms with Crippen LogP contribution in [0.2, 0.25) is 0 Å². The SMILES string of the molecule is CCC1=N/C(=C\c2ccc(OC)cc2)c2ccccc2S1. The second kappa shape index (κ2) is 6.19. The molecule has 3 rings (SSSR count). The third-order valence-corrected chi connectivity index (χ3v) is 4.55.